The van der Waals surface area contributed by atoms with Gasteiger partial charge in [-0.3, -0.25) is 4.90 Å². The summed E-state index contributed by atoms with van der Waals surface area (Å²) in [6.07, 6.45) is 4.51. The molecule has 1 aromatic rings. The second-order valence-corrected chi connectivity index (χ2v) is 8.63. The number of anilines is 1. The number of para-hydroxylation sites is 1. The fourth-order valence-electron chi connectivity index (χ4n) is 5.26. The van der Waals surface area contributed by atoms with Gasteiger partial charge in [-0.2, -0.15) is 0 Å². The summed E-state index contributed by atoms with van der Waals surface area (Å²) in [5.74, 6) is 0.793. The summed E-state index contributed by atoms with van der Waals surface area (Å²) in [5, 5.41) is 9.02. The Morgan fingerprint density at radius 1 is 1.12 bits per heavy atom. The summed E-state index contributed by atoms with van der Waals surface area (Å²) in [4.78, 5) is 17.7. The SMILES string of the molecule is O=C(O)N1CC2(CN(CC3CCCN3c3ccccc3C3CC3)C2)C1. The maximum Gasteiger partial charge on any atom is 0.407 e. The van der Waals surface area contributed by atoms with E-state index in [2.05, 4.69) is 34.1 Å². The van der Waals surface area contributed by atoms with Crippen molar-refractivity contribution in [2.75, 3.05) is 44.2 Å². The lowest BCUT2D eigenvalue weighted by molar-refractivity contribution is -0.102. The first kappa shape index (κ1) is 15.5. The minimum Gasteiger partial charge on any atom is -0.465 e. The summed E-state index contributed by atoms with van der Waals surface area (Å²) >= 11 is 0. The molecular formula is C20H27N3O2. The molecule has 1 unspecified atom stereocenters. The highest BCUT2D eigenvalue weighted by Gasteiger charge is 2.53. The van der Waals surface area contributed by atoms with E-state index >= 15 is 0 Å². The molecule has 1 spiro atoms. The van der Waals surface area contributed by atoms with Gasteiger partial charge in [0, 0.05) is 56.4 Å². The highest BCUT2D eigenvalue weighted by molar-refractivity contribution is 5.66. The van der Waals surface area contributed by atoms with Crippen molar-refractivity contribution in [2.45, 2.75) is 37.6 Å². The van der Waals surface area contributed by atoms with Gasteiger partial charge in [-0.05, 0) is 43.2 Å². The van der Waals surface area contributed by atoms with Crippen LogP contribution in [0.2, 0.25) is 0 Å². The van der Waals surface area contributed by atoms with Crippen molar-refractivity contribution >= 4 is 11.8 Å². The van der Waals surface area contributed by atoms with E-state index in [1.807, 2.05) is 0 Å². The second-order valence-electron chi connectivity index (χ2n) is 8.63. The van der Waals surface area contributed by atoms with Gasteiger partial charge in [0.15, 0.2) is 0 Å². The average molecular weight is 341 g/mol. The highest BCUT2D eigenvalue weighted by Crippen LogP contribution is 2.46. The number of likely N-dealkylation sites (tertiary alicyclic amines) is 2. The van der Waals surface area contributed by atoms with Crippen molar-refractivity contribution in [3.05, 3.63) is 29.8 Å². The fraction of sp³-hybridized carbons (Fsp3) is 0.650. The van der Waals surface area contributed by atoms with Crippen LogP contribution < -0.4 is 4.90 Å². The first-order valence-corrected chi connectivity index (χ1v) is 9.69. The third-order valence-corrected chi connectivity index (χ3v) is 6.55. The normalized spacial score (nSPS) is 28.1. The Kier molecular flexibility index (Phi) is 3.49. The van der Waals surface area contributed by atoms with Crippen LogP contribution in [0.5, 0.6) is 0 Å². The van der Waals surface area contributed by atoms with Crippen LogP contribution in [0, 0.1) is 5.41 Å². The molecule has 5 nitrogen and oxygen atoms in total. The van der Waals surface area contributed by atoms with Gasteiger partial charge >= 0.3 is 6.09 Å². The zero-order chi connectivity index (χ0) is 17.0. The van der Waals surface area contributed by atoms with E-state index in [1.54, 1.807) is 10.5 Å². The Labute approximate surface area is 149 Å². The monoisotopic (exact) mass is 341 g/mol. The molecule has 3 heterocycles. The number of nitrogens with zero attached hydrogens (tertiary/aromatic N) is 3. The first-order valence-electron chi connectivity index (χ1n) is 9.69. The number of amides is 1. The van der Waals surface area contributed by atoms with Crippen LogP contribution in [0.3, 0.4) is 0 Å². The van der Waals surface area contributed by atoms with Gasteiger partial charge in [0.2, 0.25) is 0 Å². The van der Waals surface area contributed by atoms with E-state index in [-0.39, 0.29) is 5.41 Å². The van der Waals surface area contributed by atoms with E-state index in [9.17, 15) is 4.79 Å². The lowest BCUT2D eigenvalue weighted by Gasteiger charge is -2.60. The molecule has 25 heavy (non-hydrogen) atoms. The number of benzene rings is 1. The van der Waals surface area contributed by atoms with E-state index in [4.69, 9.17) is 5.11 Å². The average Bonchev–Trinajstić information content (AvgIpc) is 3.27. The Morgan fingerprint density at radius 2 is 1.88 bits per heavy atom. The minimum absolute atomic E-state index is 0.272. The second kappa shape index (κ2) is 5.63. The number of carbonyl (C=O) groups is 1. The van der Waals surface area contributed by atoms with E-state index in [0.29, 0.717) is 6.04 Å². The van der Waals surface area contributed by atoms with Crippen LogP contribution in [0.25, 0.3) is 0 Å². The number of hydrogen-bond acceptors (Lipinski definition) is 3. The Morgan fingerprint density at radius 3 is 2.60 bits per heavy atom. The Bertz CT molecular complexity index is 673. The van der Waals surface area contributed by atoms with Crippen molar-refractivity contribution in [1.82, 2.24) is 9.80 Å². The van der Waals surface area contributed by atoms with Crippen LogP contribution >= 0.6 is 0 Å². The van der Waals surface area contributed by atoms with Crippen molar-refractivity contribution in [2.24, 2.45) is 5.41 Å². The summed E-state index contributed by atoms with van der Waals surface area (Å²) in [6, 6.07) is 9.64. The standard InChI is InChI=1S/C20H27N3O2/c24-19(25)22-13-20(14-22)11-21(12-20)10-16-4-3-9-23(16)18-6-2-1-5-17(18)15-7-8-15/h1-2,5-6,15-16H,3-4,7-14H2,(H,24,25). The lowest BCUT2D eigenvalue weighted by atomic mass is 9.73. The maximum atomic E-state index is 11.0. The molecule has 1 amide bonds. The highest BCUT2D eigenvalue weighted by atomic mass is 16.4. The summed E-state index contributed by atoms with van der Waals surface area (Å²) < 4.78 is 0. The molecule has 1 N–H and O–H groups in total. The van der Waals surface area contributed by atoms with Crippen molar-refractivity contribution in [3.63, 3.8) is 0 Å². The van der Waals surface area contributed by atoms with Gasteiger partial charge in [-0.25, -0.2) is 4.79 Å². The van der Waals surface area contributed by atoms with Crippen molar-refractivity contribution < 1.29 is 9.90 Å². The van der Waals surface area contributed by atoms with Gasteiger partial charge in [0.05, 0.1) is 0 Å². The molecule has 3 aliphatic heterocycles. The van der Waals surface area contributed by atoms with Crippen molar-refractivity contribution in [3.8, 4) is 0 Å². The molecule has 1 aromatic carbocycles. The summed E-state index contributed by atoms with van der Waals surface area (Å²) in [6.45, 7) is 5.93. The zero-order valence-corrected chi connectivity index (χ0v) is 14.7. The maximum absolute atomic E-state index is 11.0. The third-order valence-electron chi connectivity index (χ3n) is 6.55. The quantitative estimate of drug-likeness (QED) is 0.915. The van der Waals surface area contributed by atoms with Gasteiger partial charge in [0.1, 0.15) is 0 Å². The molecule has 0 bridgehead atoms. The van der Waals surface area contributed by atoms with Crippen LogP contribution in [-0.4, -0.2) is 66.3 Å². The molecule has 1 atom stereocenters. The van der Waals surface area contributed by atoms with Gasteiger partial charge in [0.25, 0.3) is 0 Å². The van der Waals surface area contributed by atoms with E-state index in [1.165, 1.54) is 37.9 Å². The van der Waals surface area contributed by atoms with Crippen LogP contribution in [0.4, 0.5) is 10.5 Å². The van der Waals surface area contributed by atoms with Crippen LogP contribution in [0.15, 0.2) is 24.3 Å². The van der Waals surface area contributed by atoms with Crippen molar-refractivity contribution in [1.29, 1.82) is 0 Å². The molecule has 5 heteroatoms. The third kappa shape index (κ3) is 2.69. The molecule has 0 radical (unpaired) electrons. The van der Waals surface area contributed by atoms with Crippen LogP contribution in [0.1, 0.15) is 37.2 Å². The Balaban J connectivity index is 1.22. The lowest BCUT2D eigenvalue weighted by Crippen LogP contribution is -2.73. The first-order chi connectivity index (χ1) is 12.1. The van der Waals surface area contributed by atoms with Gasteiger partial charge in [-0.1, -0.05) is 18.2 Å². The van der Waals surface area contributed by atoms with E-state index < -0.39 is 6.09 Å². The molecule has 4 aliphatic rings. The molecule has 4 fully saturated rings. The van der Waals surface area contributed by atoms with Crippen LogP contribution in [-0.2, 0) is 0 Å². The zero-order valence-electron chi connectivity index (χ0n) is 14.7. The molecule has 134 valence electrons. The number of carboxylic acid groups (broad SMARTS) is 1. The summed E-state index contributed by atoms with van der Waals surface area (Å²) in [7, 11) is 0. The fourth-order valence-corrected chi connectivity index (χ4v) is 5.26. The predicted octanol–water partition coefficient (Wildman–Crippen LogP) is 2.83. The number of hydrogen-bond donors (Lipinski definition) is 1. The van der Waals surface area contributed by atoms with Gasteiger partial charge < -0.3 is 14.9 Å². The predicted molar refractivity (Wildman–Crippen MR) is 97.3 cm³/mol. The molecule has 1 saturated carbocycles. The molecule has 5 rings (SSSR count). The molecule has 3 saturated heterocycles. The molecule has 1 aliphatic carbocycles. The molecular weight excluding hydrogens is 314 g/mol. The summed E-state index contributed by atoms with van der Waals surface area (Å²) in [5.41, 5.74) is 3.31. The molecule has 0 aromatic heterocycles. The minimum atomic E-state index is -0.761. The largest absolute Gasteiger partial charge is 0.465 e. The van der Waals surface area contributed by atoms with E-state index in [0.717, 1.165) is 38.6 Å². The number of rotatable bonds is 4. The smallest absolute Gasteiger partial charge is 0.407 e. The topological polar surface area (TPSA) is 47.0 Å². The Hall–Kier alpha value is -1.75. The van der Waals surface area contributed by atoms with Gasteiger partial charge in [-0.15, -0.1) is 0 Å².